The molecule has 1 fully saturated rings. The van der Waals surface area contributed by atoms with Crippen LogP contribution in [0.1, 0.15) is 52.0 Å². The first-order chi connectivity index (χ1) is 14.7. The fourth-order valence-electron chi connectivity index (χ4n) is 4.21. The SMILES string of the molecule is O=C(NCc1nc(C2CC(=O)N(c3ccc4c(c3)CCC4)C2)no1)c1ccccc1. The number of aryl methyl sites for hydroxylation is 2. The van der Waals surface area contributed by atoms with Gasteiger partial charge >= 0.3 is 0 Å². The molecule has 0 spiro atoms. The second-order valence-electron chi connectivity index (χ2n) is 7.81. The van der Waals surface area contributed by atoms with Crippen molar-refractivity contribution in [3.05, 3.63) is 76.9 Å². The Balaban J connectivity index is 1.23. The Bertz CT molecular complexity index is 1090. The number of hydrogen-bond acceptors (Lipinski definition) is 5. The molecule has 0 saturated carbocycles. The number of aromatic nitrogens is 2. The van der Waals surface area contributed by atoms with E-state index >= 15 is 0 Å². The fraction of sp³-hybridized carbons (Fsp3) is 0.304. The third-order valence-corrected chi connectivity index (χ3v) is 5.80. The quantitative estimate of drug-likeness (QED) is 0.709. The summed E-state index contributed by atoms with van der Waals surface area (Å²) in [6, 6.07) is 15.3. The molecule has 152 valence electrons. The van der Waals surface area contributed by atoms with Crippen LogP contribution in [0.4, 0.5) is 5.69 Å². The van der Waals surface area contributed by atoms with Crippen LogP contribution < -0.4 is 10.2 Å². The maximum Gasteiger partial charge on any atom is 0.251 e. The molecule has 2 heterocycles. The number of rotatable bonds is 5. The molecule has 7 heteroatoms. The monoisotopic (exact) mass is 402 g/mol. The van der Waals surface area contributed by atoms with Gasteiger partial charge in [0.2, 0.25) is 11.8 Å². The van der Waals surface area contributed by atoms with Crippen LogP contribution in [0, 0.1) is 0 Å². The molecule has 2 amide bonds. The first kappa shape index (κ1) is 18.5. The molecule has 1 saturated heterocycles. The zero-order valence-electron chi connectivity index (χ0n) is 16.5. The molecule has 5 rings (SSSR count). The van der Waals surface area contributed by atoms with Gasteiger partial charge in [-0.2, -0.15) is 4.98 Å². The summed E-state index contributed by atoms with van der Waals surface area (Å²) in [6.45, 7) is 0.683. The Kier molecular flexibility index (Phi) is 4.78. The molecule has 1 N–H and O–H groups in total. The normalized spacial score (nSPS) is 17.9. The minimum atomic E-state index is -0.200. The second-order valence-corrected chi connectivity index (χ2v) is 7.81. The predicted octanol–water partition coefficient (Wildman–Crippen LogP) is 3.01. The van der Waals surface area contributed by atoms with Crippen molar-refractivity contribution in [3.8, 4) is 0 Å². The highest BCUT2D eigenvalue weighted by Crippen LogP contribution is 2.33. The van der Waals surface area contributed by atoms with Crippen molar-refractivity contribution in [2.45, 2.75) is 38.1 Å². The Morgan fingerprint density at radius 1 is 1.13 bits per heavy atom. The Labute approximate surface area is 174 Å². The van der Waals surface area contributed by atoms with Gasteiger partial charge in [0.05, 0.1) is 6.54 Å². The molecule has 0 radical (unpaired) electrons. The molecule has 1 atom stereocenters. The van der Waals surface area contributed by atoms with Crippen LogP contribution >= 0.6 is 0 Å². The lowest BCUT2D eigenvalue weighted by atomic mass is 10.1. The summed E-state index contributed by atoms with van der Waals surface area (Å²) >= 11 is 0. The van der Waals surface area contributed by atoms with Crippen LogP contribution in [0.15, 0.2) is 53.1 Å². The summed E-state index contributed by atoms with van der Waals surface area (Å²) in [5, 5.41) is 6.83. The summed E-state index contributed by atoms with van der Waals surface area (Å²) in [6.07, 6.45) is 3.74. The molecule has 1 unspecified atom stereocenters. The molecule has 3 aromatic rings. The van der Waals surface area contributed by atoms with Gasteiger partial charge < -0.3 is 14.7 Å². The largest absolute Gasteiger partial charge is 0.343 e. The lowest BCUT2D eigenvalue weighted by molar-refractivity contribution is -0.117. The van der Waals surface area contributed by atoms with E-state index in [0.717, 1.165) is 18.5 Å². The van der Waals surface area contributed by atoms with Gasteiger partial charge in [0, 0.05) is 30.1 Å². The average Bonchev–Trinajstić information content (AvgIpc) is 3.51. The van der Waals surface area contributed by atoms with Crippen molar-refractivity contribution in [3.63, 3.8) is 0 Å². The predicted molar refractivity (Wildman–Crippen MR) is 110 cm³/mol. The van der Waals surface area contributed by atoms with Crippen molar-refractivity contribution in [1.29, 1.82) is 0 Å². The lowest BCUT2D eigenvalue weighted by Gasteiger charge is -2.17. The van der Waals surface area contributed by atoms with Crippen LogP contribution in [0.2, 0.25) is 0 Å². The molecule has 7 nitrogen and oxygen atoms in total. The van der Waals surface area contributed by atoms with Crippen molar-refractivity contribution >= 4 is 17.5 Å². The van der Waals surface area contributed by atoms with Gasteiger partial charge in [0.25, 0.3) is 5.91 Å². The van der Waals surface area contributed by atoms with Gasteiger partial charge in [0.1, 0.15) is 0 Å². The minimum Gasteiger partial charge on any atom is -0.343 e. The van der Waals surface area contributed by atoms with Crippen molar-refractivity contribution in [2.75, 3.05) is 11.4 Å². The number of carbonyl (C=O) groups excluding carboxylic acids is 2. The topological polar surface area (TPSA) is 88.3 Å². The third kappa shape index (κ3) is 3.58. The van der Waals surface area contributed by atoms with E-state index < -0.39 is 0 Å². The van der Waals surface area contributed by atoms with E-state index in [0.29, 0.717) is 30.2 Å². The van der Waals surface area contributed by atoms with Gasteiger partial charge in [-0.3, -0.25) is 9.59 Å². The van der Waals surface area contributed by atoms with E-state index in [2.05, 4.69) is 27.6 Å². The number of nitrogens with one attached hydrogen (secondary N) is 1. The van der Waals surface area contributed by atoms with Crippen molar-refractivity contribution in [1.82, 2.24) is 15.5 Å². The molecule has 0 bridgehead atoms. The van der Waals surface area contributed by atoms with Crippen LogP contribution in [0.5, 0.6) is 0 Å². The number of nitrogens with zero attached hydrogens (tertiary/aromatic N) is 3. The lowest BCUT2D eigenvalue weighted by Crippen LogP contribution is -2.24. The molecular weight excluding hydrogens is 380 g/mol. The molecule has 30 heavy (non-hydrogen) atoms. The number of anilines is 1. The van der Waals surface area contributed by atoms with Crippen LogP contribution in [-0.2, 0) is 24.2 Å². The highest BCUT2D eigenvalue weighted by Gasteiger charge is 2.35. The number of carbonyl (C=O) groups is 2. The Morgan fingerprint density at radius 3 is 2.83 bits per heavy atom. The van der Waals surface area contributed by atoms with Crippen LogP contribution in [-0.4, -0.2) is 28.5 Å². The molecule has 2 aliphatic rings. The molecular formula is C23H22N4O3. The summed E-state index contributed by atoms with van der Waals surface area (Å²) < 4.78 is 5.29. The zero-order valence-corrected chi connectivity index (χ0v) is 16.5. The molecule has 1 aliphatic carbocycles. The highest BCUT2D eigenvalue weighted by atomic mass is 16.5. The van der Waals surface area contributed by atoms with Crippen molar-refractivity contribution in [2.24, 2.45) is 0 Å². The van der Waals surface area contributed by atoms with E-state index in [1.54, 1.807) is 12.1 Å². The fourth-order valence-corrected chi connectivity index (χ4v) is 4.21. The molecule has 1 aromatic heterocycles. The highest BCUT2D eigenvalue weighted by molar-refractivity contribution is 5.96. The third-order valence-electron chi connectivity index (χ3n) is 5.80. The van der Waals surface area contributed by atoms with Gasteiger partial charge in [-0.05, 0) is 54.7 Å². The summed E-state index contributed by atoms with van der Waals surface area (Å²) in [4.78, 5) is 31.0. The smallest absolute Gasteiger partial charge is 0.251 e. The first-order valence-electron chi connectivity index (χ1n) is 10.3. The standard InChI is InChI=1S/C23H22N4O3/c28-21-12-18(14-27(21)19-10-9-15-7-4-8-17(15)11-19)22-25-20(30-26-22)13-24-23(29)16-5-2-1-3-6-16/h1-3,5-6,9-11,18H,4,7-8,12-14H2,(H,24,29). The maximum atomic E-state index is 12.6. The van der Waals surface area contributed by atoms with Crippen molar-refractivity contribution < 1.29 is 14.1 Å². The number of benzene rings is 2. The molecule has 2 aromatic carbocycles. The van der Waals surface area contributed by atoms with Gasteiger partial charge in [-0.25, -0.2) is 0 Å². The van der Waals surface area contributed by atoms with Gasteiger partial charge in [-0.1, -0.05) is 29.4 Å². The summed E-state index contributed by atoms with van der Waals surface area (Å²) in [5.41, 5.74) is 4.26. The maximum absolute atomic E-state index is 12.6. The Hall–Kier alpha value is -3.48. The summed E-state index contributed by atoms with van der Waals surface area (Å²) in [5.74, 6) is 0.595. The number of fused-ring (bicyclic) bond motifs is 1. The summed E-state index contributed by atoms with van der Waals surface area (Å²) in [7, 11) is 0. The van der Waals surface area contributed by atoms with Crippen LogP contribution in [0.3, 0.4) is 0 Å². The van der Waals surface area contributed by atoms with Gasteiger partial charge in [-0.15, -0.1) is 0 Å². The Morgan fingerprint density at radius 2 is 1.97 bits per heavy atom. The zero-order chi connectivity index (χ0) is 20.5. The van der Waals surface area contributed by atoms with E-state index in [-0.39, 0.29) is 24.3 Å². The van der Waals surface area contributed by atoms with Crippen LogP contribution in [0.25, 0.3) is 0 Å². The first-order valence-corrected chi connectivity index (χ1v) is 10.3. The average molecular weight is 402 g/mol. The van der Waals surface area contributed by atoms with Gasteiger partial charge in [0.15, 0.2) is 5.82 Å². The van der Waals surface area contributed by atoms with E-state index in [4.69, 9.17) is 4.52 Å². The number of hydrogen-bond donors (Lipinski definition) is 1. The van der Waals surface area contributed by atoms with E-state index in [1.165, 1.54) is 17.5 Å². The second kappa shape index (κ2) is 7.74. The molecule has 1 aliphatic heterocycles. The van der Waals surface area contributed by atoms with E-state index in [9.17, 15) is 9.59 Å². The number of amides is 2. The van der Waals surface area contributed by atoms with E-state index in [1.807, 2.05) is 29.2 Å². The minimum absolute atomic E-state index is 0.0710.